The van der Waals surface area contributed by atoms with E-state index in [1.165, 1.54) is 12.8 Å². The molecule has 3 aromatic rings. The minimum absolute atomic E-state index is 0.0506. The van der Waals surface area contributed by atoms with Gasteiger partial charge in [-0.25, -0.2) is 0 Å². The first-order valence-corrected chi connectivity index (χ1v) is 10.7. The van der Waals surface area contributed by atoms with E-state index in [0.29, 0.717) is 24.8 Å². The number of rotatable bonds is 7. The van der Waals surface area contributed by atoms with Gasteiger partial charge in [0.15, 0.2) is 0 Å². The highest BCUT2D eigenvalue weighted by molar-refractivity contribution is 9.10. The van der Waals surface area contributed by atoms with E-state index in [9.17, 15) is 10.1 Å². The van der Waals surface area contributed by atoms with Gasteiger partial charge in [-0.2, -0.15) is 5.26 Å². The van der Waals surface area contributed by atoms with Crippen LogP contribution >= 0.6 is 15.9 Å². The minimum Gasteiger partial charge on any atom is -0.493 e. The summed E-state index contributed by atoms with van der Waals surface area (Å²) < 4.78 is 6.96. The lowest BCUT2D eigenvalue weighted by Gasteiger charge is -2.12. The molecule has 3 aromatic carbocycles. The lowest BCUT2D eigenvalue weighted by atomic mass is 10.0. The molecule has 1 aliphatic carbocycles. The third-order valence-electron chi connectivity index (χ3n) is 5.15. The van der Waals surface area contributed by atoms with Crippen LogP contribution in [0.15, 0.2) is 70.7 Å². The van der Waals surface area contributed by atoms with Crippen molar-refractivity contribution in [1.82, 2.24) is 5.32 Å². The van der Waals surface area contributed by atoms with Crippen LogP contribution in [0.2, 0.25) is 0 Å². The zero-order valence-electron chi connectivity index (χ0n) is 16.4. The summed E-state index contributed by atoms with van der Waals surface area (Å²) in [6.07, 6.45) is 4.03. The summed E-state index contributed by atoms with van der Waals surface area (Å²) in [4.78, 5) is 12.7. The molecular formula is C25H21BrN2O2. The second kappa shape index (κ2) is 9.15. The van der Waals surface area contributed by atoms with E-state index in [4.69, 9.17) is 4.74 Å². The van der Waals surface area contributed by atoms with Crippen LogP contribution in [0.5, 0.6) is 5.75 Å². The summed E-state index contributed by atoms with van der Waals surface area (Å²) in [5.74, 6) is 0.901. The number of hydrogen-bond donors (Lipinski definition) is 1. The first-order chi connectivity index (χ1) is 14.7. The molecule has 0 heterocycles. The summed E-state index contributed by atoms with van der Waals surface area (Å²) in [5.41, 5.74) is 1.76. The number of fused-ring (bicyclic) bond motifs is 1. The number of ether oxygens (including phenoxy) is 1. The Balaban J connectivity index is 1.63. The van der Waals surface area contributed by atoms with Crippen molar-refractivity contribution in [2.45, 2.75) is 19.4 Å². The molecule has 5 heteroatoms. The molecule has 0 bridgehead atoms. The Labute approximate surface area is 184 Å². The Bertz CT molecular complexity index is 1160. The van der Waals surface area contributed by atoms with Crippen LogP contribution in [0.3, 0.4) is 0 Å². The monoisotopic (exact) mass is 460 g/mol. The van der Waals surface area contributed by atoms with Gasteiger partial charge in [0.05, 0.1) is 6.61 Å². The minimum atomic E-state index is -0.408. The van der Waals surface area contributed by atoms with Gasteiger partial charge >= 0.3 is 0 Å². The van der Waals surface area contributed by atoms with Crippen LogP contribution in [-0.2, 0) is 11.3 Å². The van der Waals surface area contributed by atoms with Crippen LogP contribution in [0.4, 0.5) is 0 Å². The summed E-state index contributed by atoms with van der Waals surface area (Å²) in [5, 5.41) is 14.5. The molecule has 30 heavy (non-hydrogen) atoms. The topological polar surface area (TPSA) is 62.1 Å². The Kier molecular flexibility index (Phi) is 6.15. The van der Waals surface area contributed by atoms with Gasteiger partial charge in [0.2, 0.25) is 0 Å². The quantitative estimate of drug-likeness (QED) is 0.367. The average molecular weight is 461 g/mol. The Hall–Kier alpha value is -3.10. The van der Waals surface area contributed by atoms with Gasteiger partial charge in [-0.05, 0) is 53.3 Å². The number of carbonyl (C=O) groups is 1. The third kappa shape index (κ3) is 4.72. The van der Waals surface area contributed by atoms with E-state index in [2.05, 4.69) is 27.3 Å². The number of nitriles is 1. The van der Waals surface area contributed by atoms with Crippen molar-refractivity contribution in [1.29, 1.82) is 5.26 Å². The second-order valence-electron chi connectivity index (χ2n) is 7.40. The van der Waals surface area contributed by atoms with Crippen molar-refractivity contribution < 1.29 is 9.53 Å². The molecule has 1 saturated carbocycles. The first-order valence-electron chi connectivity index (χ1n) is 9.93. The van der Waals surface area contributed by atoms with Crippen molar-refractivity contribution in [3.8, 4) is 11.8 Å². The van der Waals surface area contributed by atoms with Gasteiger partial charge in [0.25, 0.3) is 5.91 Å². The zero-order valence-corrected chi connectivity index (χ0v) is 18.0. The summed E-state index contributed by atoms with van der Waals surface area (Å²) in [6.45, 7) is 0.995. The number of amides is 1. The SMILES string of the molecule is N#C/C(=C\c1c(OCC2CC2)ccc2ccccc12)C(=O)NCc1ccccc1Br. The van der Waals surface area contributed by atoms with E-state index in [1.54, 1.807) is 6.08 Å². The highest BCUT2D eigenvalue weighted by atomic mass is 79.9. The fraction of sp³-hybridized carbons (Fsp3) is 0.200. The van der Waals surface area contributed by atoms with E-state index in [0.717, 1.165) is 26.4 Å². The maximum atomic E-state index is 12.7. The fourth-order valence-electron chi connectivity index (χ4n) is 3.25. The van der Waals surface area contributed by atoms with Crippen LogP contribution in [-0.4, -0.2) is 12.5 Å². The summed E-state index contributed by atoms with van der Waals surface area (Å²) >= 11 is 3.48. The summed E-state index contributed by atoms with van der Waals surface area (Å²) in [7, 11) is 0. The smallest absolute Gasteiger partial charge is 0.262 e. The number of hydrogen-bond acceptors (Lipinski definition) is 3. The highest BCUT2D eigenvalue weighted by Crippen LogP contribution is 2.34. The number of benzene rings is 3. The number of carbonyl (C=O) groups excluding carboxylic acids is 1. The predicted octanol–water partition coefficient (Wildman–Crippen LogP) is 5.61. The Morgan fingerprint density at radius 2 is 1.90 bits per heavy atom. The fourth-order valence-corrected chi connectivity index (χ4v) is 3.67. The van der Waals surface area contributed by atoms with Gasteiger partial charge < -0.3 is 10.1 Å². The zero-order chi connectivity index (χ0) is 20.9. The second-order valence-corrected chi connectivity index (χ2v) is 8.25. The van der Waals surface area contributed by atoms with Crippen molar-refractivity contribution in [3.63, 3.8) is 0 Å². The van der Waals surface area contributed by atoms with E-state index < -0.39 is 5.91 Å². The van der Waals surface area contributed by atoms with Crippen LogP contribution < -0.4 is 10.1 Å². The standard InChI is InChI=1S/C25H21BrN2O2/c26-23-8-4-2-6-19(23)15-28-25(29)20(14-27)13-22-21-7-3-1-5-18(21)11-12-24(22)30-16-17-9-10-17/h1-8,11-13,17H,9-10,15-16H2,(H,28,29)/b20-13+. The molecule has 150 valence electrons. The molecule has 0 saturated heterocycles. The molecule has 4 rings (SSSR count). The normalized spacial score (nSPS) is 13.7. The lowest BCUT2D eigenvalue weighted by molar-refractivity contribution is -0.117. The maximum absolute atomic E-state index is 12.7. The van der Waals surface area contributed by atoms with Gasteiger partial charge in [0, 0.05) is 16.6 Å². The molecule has 0 atom stereocenters. The molecule has 1 amide bonds. The number of nitrogens with one attached hydrogen (secondary N) is 1. The van der Waals surface area contributed by atoms with Gasteiger partial charge in [-0.1, -0.05) is 64.5 Å². The molecular weight excluding hydrogens is 440 g/mol. The Morgan fingerprint density at radius 3 is 2.67 bits per heavy atom. The van der Waals surface area contributed by atoms with Gasteiger partial charge in [-0.3, -0.25) is 4.79 Å². The third-order valence-corrected chi connectivity index (χ3v) is 5.93. The van der Waals surface area contributed by atoms with Crippen LogP contribution in [0, 0.1) is 17.2 Å². The molecule has 0 radical (unpaired) electrons. The van der Waals surface area contributed by atoms with Gasteiger partial charge in [0.1, 0.15) is 17.4 Å². The molecule has 1 fully saturated rings. The van der Waals surface area contributed by atoms with Crippen molar-refractivity contribution >= 4 is 38.7 Å². The van der Waals surface area contributed by atoms with Crippen molar-refractivity contribution in [3.05, 3.63) is 81.8 Å². The average Bonchev–Trinajstić information content (AvgIpc) is 3.60. The molecule has 1 N–H and O–H groups in total. The lowest BCUT2D eigenvalue weighted by Crippen LogP contribution is -2.24. The van der Waals surface area contributed by atoms with E-state index in [-0.39, 0.29) is 5.57 Å². The first kappa shape index (κ1) is 20.2. The maximum Gasteiger partial charge on any atom is 0.262 e. The van der Waals surface area contributed by atoms with Crippen molar-refractivity contribution in [2.24, 2.45) is 5.92 Å². The predicted molar refractivity (Wildman–Crippen MR) is 122 cm³/mol. The van der Waals surface area contributed by atoms with Crippen LogP contribution in [0.1, 0.15) is 24.0 Å². The van der Waals surface area contributed by atoms with Crippen LogP contribution in [0.25, 0.3) is 16.8 Å². The largest absolute Gasteiger partial charge is 0.493 e. The van der Waals surface area contributed by atoms with E-state index in [1.807, 2.05) is 60.7 Å². The highest BCUT2D eigenvalue weighted by Gasteiger charge is 2.22. The molecule has 4 nitrogen and oxygen atoms in total. The van der Waals surface area contributed by atoms with E-state index >= 15 is 0 Å². The molecule has 0 spiro atoms. The van der Waals surface area contributed by atoms with Crippen molar-refractivity contribution in [2.75, 3.05) is 6.61 Å². The molecule has 0 aromatic heterocycles. The molecule has 0 aliphatic heterocycles. The molecule has 0 unspecified atom stereocenters. The van der Waals surface area contributed by atoms with Gasteiger partial charge in [-0.15, -0.1) is 0 Å². The molecule has 1 aliphatic rings. The Morgan fingerprint density at radius 1 is 1.13 bits per heavy atom. The number of nitrogens with zero attached hydrogens (tertiary/aromatic N) is 1. The number of halogens is 1. The summed E-state index contributed by atoms with van der Waals surface area (Å²) in [6, 6.07) is 21.6.